The topological polar surface area (TPSA) is 129 Å². The molecule has 0 bridgehead atoms. The normalized spacial score (nSPS) is 12.5. The summed E-state index contributed by atoms with van der Waals surface area (Å²) >= 11 is 0. The number of nitrogens with one attached hydrogen (secondary N) is 2. The summed E-state index contributed by atoms with van der Waals surface area (Å²) in [5, 5.41) is 15.1. The first-order valence-corrected chi connectivity index (χ1v) is 12.3. The molecule has 10 heteroatoms. The number of nitriles is 1. The van der Waals surface area contributed by atoms with E-state index in [0.717, 1.165) is 16.5 Å². The number of rotatable bonds is 7. The van der Waals surface area contributed by atoms with Gasteiger partial charge in [0.05, 0.1) is 35.3 Å². The number of hydrogen-bond donors (Lipinski definition) is 2. The Labute approximate surface area is 202 Å². The number of hydrogen-bond acceptors (Lipinski definition) is 6. The summed E-state index contributed by atoms with van der Waals surface area (Å²) in [5.74, 6) is 0. The van der Waals surface area contributed by atoms with Gasteiger partial charge in [-0.3, -0.25) is 4.68 Å². The lowest BCUT2D eigenvalue weighted by Gasteiger charge is -2.21. The van der Waals surface area contributed by atoms with E-state index >= 15 is 0 Å². The van der Waals surface area contributed by atoms with Crippen molar-refractivity contribution in [3.8, 4) is 28.5 Å². The average Bonchev–Trinajstić information content (AvgIpc) is 3.57. The van der Waals surface area contributed by atoms with Gasteiger partial charge >= 0.3 is 0 Å². The van der Waals surface area contributed by atoms with Gasteiger partial charge in [0.15, 0.2) is 0 Å². The third-order valence-electron chi connectivity index (χ3n) is 5.87. The van der Waals surface area contributed by atoms with Gasteiger partial charge in [0.1, 0.15) is 12.0 Å². The van der Waals surface area contributed by atoms with Gasteiger partial charge in [0.2, 0.25) is 10.0 Å². The highest BCUT2D eigenvalue weighted by atomic mass is 32.2. The maximum absolute atomic E-state index is 12.9. The van der Waals surface area contributed by atoms with Crippen molar-refractivity contribution in [1.29, 1.82) is 5.26 Å². The zero-order valence-corrected chi connectivity index (χ0v) is 19.6. The Bertz CT molecular complexity index is 1650. The van der Waals surface area contributed by atoms with E-state index in [1.54, 1.807) is 29.2 Å². The highest BCUT2D eigenvalue weighted by molar-refractivity contribution is 7.89. The minimum absolute atomic E-state index is 0.0906. The first-order valence-electron chi connectivity index (χ1n) is 10.8. The van der Waals surface area contributed by atoms with Crippen molar-refractivity contribution in [3.05, 3.63) is 85.1 Å². The number of benzene rings is 2. The second kappa shape index (κ2) is 9.13. The summed E-state index contributed by atoms with van der Waals surface area (Å²) < 4.78 is 30.0. The first-order chi connectivity index (χ1) is 17.0. The van der Waals surface area contributed by atoms with Crippen LogP contribution in [0.25, 0.3) is 33.4 Å². The summed E-state index contributed by atoms with van der Waals surface area (Å²) in [6, 6.07) is 18.0. The Morgan fingerprint density at radius 1 is 1.09 bits per heavy atom. The molecule has 2 N–H and O–H groups in total. The molecule has 0 saturated heterocycles. The van der Waals surface area contributed by atoms with Gasteiger partial charge in [0, 0.05) is 28.9 Å². The Morgan fingerprint density at radius 3 is 2.69 bits per heavy atom. The Morgan fingerprint density at radius 2 is 1.91 bits per heavy atom. The van der Waals surface area contributed by atoms with Crippen molar-refractivity contribution in [2.45, 2.75) is 17.4 Å². The summed E-state index contributed by atoms with van der Waals surface area (Å²) in [5.41, 5.74) is 4.14. The van der Waals surface area contributed by atoms with Gasteiger partial charge in [0.25, 0.3) is 0 Å². The lowest BCUT2D eigenvalue weighted by Crippen LogP contribution is -2.21. The van der Waals surface area contributed by atoms with E-state index in [0.29, 0.717) is 22.5 Å². The molecule has 1 atom stereocenters. The predicted octanol–water partition coefficient (Wildman–Crippen LogP) is 3.90. The Kier molecular flexibility index (Phi) is 5.86. The van der Waals surface area contributed by atoms with Gasteiger partial charge in [-0.1, -0.05) is 42.5 Å². The number of fused-ring (bicyclic) bond motifs is 1. The molecule has 0 saturated carbocycles. The smallest absolute Gasteiger partial charge is 0.240 e. The maximum Gasteiger partial charge on any atom is 0.240 e. The van der Waals surface area contributed by atoms with Crippen LogP contribution in [-0.2, 0) is 10.0 Å². The van der Waals surface area contributed by atoms with Crippen LogP contribution in [0.5, 0.6) is 0 Å². The van der Waals surface area contributed by atoms with Gasteiger partial charge in [-0.25, -0.2) is 23.1 Å². The third-order valence-corrected chi connectivity index (χ3v) is 7.33. The SMILES string of the molecule is CNS(=O)(=O)c1cccc(C(CC#N)n2cc(-c3ncnc4[nH]ccc34)cn2)c1-c1ccccc1. The molecule has 9 nitrogen and oxygen atoms in total. The molecular formula is C25H21N7O2S. The van der Waals surface area contributed by atoms with Crippen molar-refractivity contribution < 1.29 is 8.42 Å². The number of nitrogens with zero attached hydrogens (tertiary/aromatic N) is 5. The third kappa shape index (κ3) is 4.07. The predicted molar refractivity (Wildman–Crippen MR) is 132 cm³/mol. The number of H-pyrrole nitrogens is 1. The van der Waals surface area contributed by atoms with E-state index in [9.17, 15) is 13.7 Å². The fraction of sp³-hybridized carbons (Fsp3) is 0.120. The van der Waals surface area contributed by atoms with Gasteiger partial charge in [-0.2, -0.15) is 10.4 Å². The molecule has 35 heavy (non-hydrogen) atoms. The molecule has 5 rings (SSSR count). The fourth-order valence-corrected chi connectivity index (χ4v) is 5.22. The van der Waals surface area contributed by atoms with Crippen LogP contribution in [0, 0.1) is 11.3 Å². The van der Waals surface area contributed by atoms with Crippen LogP contribution in [0.2, 0.25) is 0 Å². The van der Waals surface area contributed by atoms with Gasteiger partial charge in [-0.05, 0) is 30.3 Å². The number of sulfonamides is 1. The molecule has 174 valence electrons. The Balaban J connectivity index is 1.69. The standard InChI is InChI=1S/C25H21N7O2S/c1-27-35(33,34)22-9-5-8-19(23(22)17-6-3-2-4-7-17)21(10-12-26)32-15-18(14-31-32)24-20-11-13-28-25(20)30-16-29-24/h2-9,11,13-16,21,27H,10H2,1H3,(H,28,29,30). The van der Waals surface area contributed by atoms with Crippen LogP contribution >= 0.6 is 0 Å². The molecule has 0 aliphatic carbocycles. The molecule has 0 radical (unpaired) electrons. The van der Waals surface area contributed by atoms with E-state index in [2.05, 4.69) is 30.8 Å². The van der Waals surface area contributed by atoms with E-state index in [-0.39, 0.29) is 11.3 Å². The molecule has 0 amide bonds. The molecular weight excluding hydrogens is 462 g/mol. The monoisotopic (exact) mass is 483 g/mol. The molecule has 0 spiro atoms. The summed E-state index contributed by atoms with van der Waals surface area (Å²) in [4.78, 5) is 11.9. The Hall–Kier alpha value is -4.33. The minimum atomic E-state index is -3.77. The number of aromatic nitrogens is 5. The zero-order valence-electron chi connectivity index (χ0n) is 18.8. The lowest BCUT2D eigenvalue weighted by molar-refractivity contribution is 0.532. The van der Waals surface area contributed by atoms with Gasteiger partial charge in [-0.15, -0.1) is 0 Å². The molecule has 0 fully saturated rings. The summed E-state index contributed by atoms with van der Waals surface area (Å²) in [6.07, 6.45) is 6.89. The average molecular weight is 484 g/mol. The lowest BCUT2D eigenvalue weighted by atomic mass is 9.93. The molecule has 3 aromatic heterocycles. The van der Waals surface area contributed by atoms with Crippen molar-refractivity contribution in [2.24, 2.45) is 0 Å². The van der Waals surface area contributed by atoms with Crippen LogP contribution in [0.15, 0.2) is 84.4 Å². The van der Waals surface area contributed by atoms with Crippen LogP contribution in [0.3, 0.4) is 0 Å². The van der Waals surface area contributed by atoms with Crippen LogP contribution in [0.4, 0.5) is 0 Å². The quantitative estimate of drug-likeness (QED) is 0.361. The molecule has 5 aromatic rings. The van der Waals surface area contributed by atoms with Crippen LogP contribution in [0.1, 0.15) is 18.0 Å². The maximum atomic E-state index is 12.9. The van der Waals surface area contributed by atoms with Crippen LogP contribution < -0.4 is 4.72 Å². The van der Waals surface area contributed by atoms with E-state index in [1.165, 1.54) is 13.4 Å². The minimum Gasteiger partial charge on any atom is -0.346 e. The second-order valence-corrected chi connectivity index (χ2v) is 9.70. The van der Waals surface area contributed by atoms with Crippen molar-refractivity contribution in [2.75, 3.05) is 7.05 Å². The molecule has 0 aliphatic rings. The summed E-state index contributed by atoms with van der Waals surface area (Å²) in [6.45, 7) is 0. The zero-order chi connectivity index (χ0) is 24.4. The highest BCUT2D eigenvalue weighted by Crippen LogP contribution is 2.37. The second-order valence-electron chi connectivity index (χ2n) is 7.84. The largest absolute Gasteiger partial charge is 0.346 e. The molecule has 1 unspecified atom stereocenters. The van der Waals surface area contributed by atoms with Crippen molar-refractivity contribution in [1.82, 2.24) is 29.5 Å². The van der Waals surface area contributed by atoms with E-state index in [4.69, 9.17) is 0 Å². The first kappa shape index (κ1) is 22.5. The molecule has 3 heterocycles. The van der Waals surface area contributed by atoms with Crippen molar-refractivity contribution in [3.63, 3.8) is 0 Å². The van der Waals surface area contributed by atoms with Crippen molar-refractivity contribution >= 4 is 21.1 Å². The summed E-state index contributed by atoms with van der Waals surface area (Å²) in [7, 11) is -2.39. The molecule has 2 aromatic carbocycles. The van der Waals surface area contributed by atoms with E-state index < -0.39 is 16.1 Å². The van der Waals surface area contributed by atoms with Gasteiger partial charge < -0.3 is 4.98 Å². The molecule has 0 aliphatic heterocycles. The van der Waals surface area contributed by atoms with Crippen LogP contribution in [-0.4, -0.2) is 40.2 Å². The highest BCUT2D eigenvalue weighted by Gasteiger charge is 2.26. The fourth-order valence-electron chi connectivity index (χ4n) is 4.24. The number of aromatic amines is 1. The van der Waals surface area contributed by atoms with E-state index in [1.807, 2.05) is 48.7 Å².